The van der Waals surface area contributed by atoms with E-state index in [4.69, 9.17) is 11.6 Å². The fraction of sp³-hybridized carbons (Fsp3) is 0.250. The fourth-order valence-electron chi connectivity index (χ4n) is 0.893. The van der Waals surface area contributed by atoms with Gasteiger partial charge in [0.05, 0.1) is 4.92 Å². The Hall–Kier alpha value is -1.29. The molecule has 0 aliphatic heterocycles. The summed E-state index contributed by atoms with van der Waals surface area (Å²) in [6.07, 6.45) is 0. The lowest BCUT2D eigenvalue weighted by atomic mass is 10.3. The lowest BCUT2D eigenvalue weighted by molar-refractivity contribution is -0.384. The Bertz CT molecular complexity index is 287. The first-order chi connectivity index (χ1) is 6.24. The van der Waals surface area contributed by atoms with Gasteiger partial charge in [-0.05, 0) is 12.1 Å². The highest BCUT2D eigenvalue weighted by Crippen LogP contribution is 2.14. The van der Waals surface area contributed by atoms with Gasteiger partial charge >= 0.3 is 0 Å². The molecule has 1 aromatic carbocycles. The van der Waals surface area contributed by atoms with Crippen molar-refractivity contribution in [3.8, 4) is 0 Å². The number of anilines is 1. The van der Waals surface area contributed by atoms with Crippen molar-refractivity contribution in [2.45, 2.75) is 0 Å². The molecular formula is C8H9ClN2O2. The summed E-state index contributed by atoms with van der Waals surface area (Å²) in [5.41, 5.74) is 0.933. The largest absolute Gasteiger partial charge is 0.384 e. The number of nitro benzene ring substituents is 1. The molecule has 1 aromatic rings. The molecule has 13 heavy (non-hydrogen) atoms. The number of hydrogen-bond donors (Lipinski definition) is 1. The first-order valence-corrected chi connectivity index (χ1v) is 4.32. The normalized spacial score (nSPS) is 9.62. The molecule has 70 valence electrons. The molecule has 0 bridgehead atoms. The standard InChI is InChI=1S/C8H9ClN2O2/c9-5-6-10-7-1-3-8(4-2-7)11(12)13/h1-4,10H,5-6H2. The van der Waals surface area contributed by atoms with Crippen LogP contribution in [0.4, 0.5) is 11.4 Å². The summed E-state index contributed by atoms with van der Waals surface area (Å²) in [5.74, 6) is 0.511. The van der Waals surface area contributed by atoms with Gasteiger partial charge in [0.2, 0.25) is 0 Å². The van der Waals surface area contributed by atoms with Crippen LogP contribution in [0, 0.1) is 10.1 Å². The molecule has 0 saturated carbocycles. The maximum Gasteiger partial charge on any atom is 0.269 e. The molecular weight excluding hydrogens is 192 g/mol. The number of hydrogen-bond acceptors (Lipinski definition) is 3. The van der Waals surface area contributed by atoms with Crippen molar-refractivity contribution in [2.75, 3.05) is 17.7 Å². The molecule has 1 rings (SSSR count). The van der Waals surface area contributed by atoms with Gasteiger partial charge in [-0.3, -0.25) is 10.1 Å². The second-order valence-electron chi connectivity index (χ2n) is 2.42. The number of halogens is 1. The van der Waals surface area contributed by atoms with Gasteiger partial charge in [0.25, 0.3) is 5.69 Å². The van der Waals surface area contributed by atoms with Gasteiger partial charge in [-0.15, -0.1) is 11.6 Å². The summed E-state index contributed by atoms with van der Waals surface area (Å²) < 4.78 is 0. The van der Waals surface area contributed by atoms with Crippen molar-refractivity contribution in [3.63, 3.8) is 0 Å². The molecule has 0 radical (unpaired) electrons. The van der Waals surface area contributed by atoms with Crippen molar-refractivity contribution >= 4 is 23.0 Å². The lowest BCUT2D eigenvalue weighted by Crippen LogP contribution is -2.01. The molecule has 0 aromatic heterocycles. The highest BCUT2D eigenvalue weighted by atomic mass is 35.5. The van der Waals surface area contributed by atoms with E-state index in [9.17, 15) is 10.1 Å². The predicted octanol–water partition coefficient (Wildman–Crippen LogP) is 2.25. The maximum atomic E-state index is 10.3. The topological polar surface area (TPSA) is 55.2 Å². The Labute approximate surface area is 80.7 Å². The van der Waals surface area contributed by atoms with Crippen molar-refractivity contribution in [1.29, 1.82) is 0 Å². The Balaban J connectivity index is 2.64. The van der Waals surface area contributed by atoms with Crippen molar-refractivity contribution < 1.29 is 4.92 Å². The molecule has 0 fully saturated rings. The molecule has 0 heterocycles. The van der Waals surface area contributed by atoms with E-state index in [1.807, 2.05) is 0 Å². The van der Waals surface area contributed by atoms with Gasteiger partial charge in [-0.2, -0.15) is 0 Å². The first kappa shape index (κ1) is 9.80. The number of rotatable bonds is 4. The molecule has 0 unspecified atom stereocenters. The van der Waals surface area contributed by atoms with Crippen LogP contribution in [0.1, 0.15) is 0 Å². The Morgan fingerprint density at radius 2 is 2.00 bits per heavy atom. The second kappa shape index (κ2) is 4.67. The number of nitrogens with zero attached hydrogens (tertiary/aromatic N) is 1. The van der Waals surface area contributed by atoms with Gasteiger partial charge < -0.3 is 5.32 Å². The summed E-state index contributed by atoms with van der Waals surface area (Å²) in [5, 5.41) is 13.3. The third-order valence-electron chi connectivity index (χ3n) is 1.50. The van der Waals surface area contributed by atoms with E-state index in [1.54, 1.807) is 12.1 Å². The van der Waals surface area contributed by atoms with E-state index in [1.165, 1.54) is 12.1 Å². The minimum absolute atomic E-state index is 0.0939. The Morgan fingerprint density at radius 1 is 1.38 bits per heavy atom. The molecule has 0 aliphatic rings. The SMILES string of the molecule is O=[N+]([O-])c1ccc(NCCCl)cc1. The minimum Gasteiger partial charge on any atom is -0.384 e. The van der Waals surface area contributed by atoms with Crippen molar-refractivity contribution in [1.82, 2.24) is 0 Å². The van der Waals surface area contributed by atoms with Crippen LogP contribution in [0.3, 0.4) is 0 Å². The Morgan fingerprint density at radius 3 is 2.46 bits per heavy atom. The average Bonchev–Trinajstić information content (AvgIpc) is 2.15. The van der Waals surface area contributed by atoms with Gasteiger partial charge in [0, 0.05) is 30.2 Å². The van der Waals surface area contributed by atoms with E-state index in [-0.39, 0.29) is 5.69 Å². The number of non-ortho nitro benzene ring substituents is 1. The van der Waals surface area contributed by atoms with Crippen LogP contribution in [0.2, 0.25) is 0 Å². The summed E-state index contributed by atoms with van der Waals surface area (Å²) in [6, 6.07) is 6.22. The monoisotopic (exact) mass is 200 g/mol. The number of alkyl halides is 1. The zero-order valence-corrected chi connectivity index (χ0v) is 7.62. The van der Waals surface area contributed by atoms with E-state index in [2.05, 4.69) is 5.32 Å². The highest BCUT2D eigenvalue weighted by molar-refractivity contribution is 6.18. The van der Waals surface area contributed by atoms with Crippen LogP contribution in [0.15, 0.2) is 24.3 Å². The van der Waals surface area contributed by atoms with E-state index >= 15 is 0 Å². The van der Waals surface area contributed by atoms with Crippen LogP contribution in [-0.2, 0) is 0 Å². The van der Waals surface area contributed by atoms with Crippen LogP contribution in [0.25, 0.3) is 0 Å². The molecule has 5 heteroatoms. The van der Waals surface area contributed by atoms with Crippen LogP contribution in [-0.4, -0.2) is 17.3 Å². The van der Waals surface area contributed by atoms with Gasteiger partial charge in [-0.1, -0.05) is 0 Å². The maximum absolute atomic E-state index is 10.3. The molecule has 1 N–H and O–H groups in total. The van der Waals surface area contributed by atoms with Crippen molar-refractivity contribution in [3.05, 3.63) is 34.4 Å². The number of nitro groups is 1. The number of nitrogens with one attached hydrogen (secondary N) is 1. The number of benzene rings is 1. The van der Waals surface area contributed by atoms with Crippen LogP contribution in [0.5, 0.6) is 0 Å². The predicted molar refractivity (Wildman–Crippen MR) is 52.3 cm³/mol. The summed E-state index contributed by atoms with van der Waals surface area (Å²) in [6.45, 7) is 0.652. The Kier molecular flexibility index (Phi) is 3.52. The molecule has 0 amide bonds. The van der Waals surface area contributed by atoms with E-state index in [0.717, 1.165) is 5.69 Å². The summed E-state index contributed by atoms with van der Waals surface area (Å²) in [7, 11) is 0. The van der Waals surface area contributed by atoms with Crippen LogP contribution < -0.4 is 5.32 Å². The second-order valence-corrected chi connectivity index (χ2v) is 2.80. The molecule has 0 aliphatic carbocycles. The zero-order valence-electron chi connectivity index (χ0n) is 6.87. The van der Waals surface area contributed by atoms with Crippen LogP contribution >= 0.6 is 11.6 Å². The third kappa shape index (κ3) is 2.91. The molecule has 0 saturated heterocycles. The van der Waals surface area contributed by atoms with Gasteiger partial charge in [-0.25, -0.2) is 0 Å². The fourth-order valence-corrected chi connectivity index (χ4v) is 0.987. The smallest absolute Gasteiger partial charge is 0.269 e. The quantitative estimate of drug-likeness (QED) is 0.461. The van der Waals surface area contributed by atoms with Crippen molar-refractivity contribution in [2.24, 2.45) is 0 Å². The average molecular weight is 201 g/mol. The van der Waals surface area contributed by atoms with E-state index in [0.29, 0.717) is 12.4 Å². The third-order valence-corrected chi connectivity index (χ3v) is 1.69. The summed E-state index contributed by atoms with van der Waals surface area (Å²) in [4.78, 5) is 9.87. The molecule has 4 nitrogen and oxygen atoms in total. The summed E-state index contributed by atoms with van der Waals surface area (Å²) >= 11 is 5.46. The minimum atomic E-state index is -0.425. The highest BCUT2D eigenvalue weighted by Gasteiger charge is 2.02. The first-order valence-electron chi connectivity index (χ1n) is 3.78. The van der Waals surface area contributed by atoms with E-state index < -0.39 is 4.92 Å². The van der Waals surface area contributed by atoms with Gasteiger partial charge in [0.15, 0.2) is 0 Å². The molecule has 0 spiro atoms. The lowest BCUT2D eigenvalue weighted by Gasteiger charge is -2.02. The zero-order chi connectivity index (χ0) is 9.68. The van der Waals surface area contributed by atoms with Gasteiger partial charge in [0.1, 0.15) is 0 Å². The molecule has 0 atom stereocenters.